The van der Waals surface area contributed by atoms with Crippen LogP contribution in [0.4, 0.5) is 30.7 Å². The lowest BCUT2D eigenvalue weighted by Crippen LogP contribution is -2.57. The molecule has 0 aliphatic carbocycles. The van der Waals surface area contributed by atoms with E-state index in [4.69, 9.17) is 5.11 Å². The minimum atomic E-state index is -6.82. The monoisotopic (exact) mass is 449 g/mol. The van der Waals surface area contributed by atoms with Gasteiger partial charge in [-0.3, -0.25) is 0 Å². The predicted molar refractivity (Wildman–Crippen MR) is 72.1 cm³/mol. The molecule has 0 heterocycles. The van der Waals surface area contributed by atoms with Crippen LogP contribution in [0.2, 0.25) is 0 Å². The van der Waals surface area contributed by atoms with Gasteiger partial charge in [-0.05, 0) is 13.3 Å². The van der Waals surface area contributed by atoms with E-state index >= 15 is 0 Å². The van der Waals surface area contributed by atoms with Gasteiger partial charge in [0.25, 0.3) is 0 Å². The van der Waals surface area contributed by atoms with Crippen molar-refractivity contribution < 1.29 is 67.9 Å². The van der Waals surface area contributed by atoms with Crippen LogP contribution in [0.25, 0.3) is 0 Å². The third-order valence-corrected chi connectivity index (χ3v) is 3.85. The molecule has 0 aromatic rings. The first-order chi connectivity index (χ1) is 12.2. The van der Waals surface area contributed by atoms with E-state index in [1.54, 1.807) is 0 Å². The Morgan fingerprint density at radius 2 is 1.57 bits per heavy atom. The minimum Gasteiger partial charge on any atom is -0.743 e. The maximum Gasteiger partial charge on any atom is 0.468 e. The van der Waals surface area contributed by atoms with Crippen LogP contribution in [-0.2, 0) is 29.2 Å². The second-order valence-corrected chi connectivity index (χ2v) is 6.64. The Morgan fingerprint density at radius 1 is 1.11 bits per heavy atom. The summed E-state index contributed by atoms with van der Waals surface area (Å²) in [5.74, 6) is -15.0. The molecule has 0 saturated heterocycles. The number of carbonyl (C=O) groups is 2. The first kappa shape index (κ1) is 26.1. The number of hydrogen-bond donors (Lipinski definition) is 1. The number of halogens is 7. The van der Waals surface area contributed by atoms with E-state index < -0.39 is 70.2 Å². The second kappa shape index (κ2) is 8.20. The Morgan fingerprint density at radius 3 is 1.89 bits per heavy atom. The molecule has 0 saturated carbocycles. The zero-order valence-corrected chi connectivity index (χ0v) is 14.5. The summed E-state index contributed by atoms with van der Waals surface area (Å²) in [6.07, 6.45) is -9.59. The highest BCUT2D eigenvalue weighted by molar-refractivity contribution is 7.86. The summed E-state index contributed by atoms with van der Waals surface area (Å²) in [5.41, 5.74) is -0.690. The van der Waals surface area contributed by atoms with E-state index in [0.717, 1.165) is 6.92 Å². The highest BCUT2D eigenvalue weighted by Gasteiger charge is 2.67. The topological polar surface area (TPSA) is 130 Å². The Bertz CT molecular complexity index is 731. The van der Waals surface area contributed by atoms with E-state index in [0.29, 0.717) is 0 Å². The van der Waals surface area contributed by atoms with Crippen molar-refractivity contribution in [3.8, 4) is 0 Å². The molecule has 0 aliphatic heterocycles. The van der Waals surface area contributed by atoms with E-state index in [-0.39, 0.29) is 0 Å². The number of aliphatic carboxylic acids is 1. The third-order valence-electron chi connectivity index (χ3n) is 2.92. The van der Waals surface area contributed by atoms with E-state index in [9.17, 15) is 53.3 Å². The molecule has 0 aliphatic rings. The molecule has 0 radical (unpaired) electrons. The van der Waals surface area contributed by atoms with Crippen molar-refractivity contribution in [1.82, 2.24) is 0 Å². The largest absolute Gasteiger partial charge is 0.743 e. The number of ether oxygens (including phenoxy) is 2. The molecule has 164 valence electrons. The van der Waals surface area contributed by atoms with Crippen molar-refractivity contribution in [3.63, 3.8) is 0 Å². The highest BCUT2D eigenvalue weighted by atomic mass is 32.2. The van der Waals surface area contributed by atoms with Crippen LogP contribution in [0.5, 0.6) is 0 Å². The van der Waals surface area contributed by atoms with Crippen molar-refractivity contribution >= 4 is 22.1 Å². The Hall–Kier alpha value is -1.94. The Kier molecular flexibility index (Phi) is 7.63. The molecule has 1 unspecified atom stereocenters. The summed E-state index contributed by atoms with van der Waals surface area (Å²) in [5, 5.41) is 2.66. The first-order valence-corrected chi connectivity index (χ1v) is 8.18. The normalized spacial score (nSPS) is 15.6. The molecular formula is C12H12F7O8S-. The summed E-state index contributed by atoms with van der Waals surface area (Å²) in [6.45, 7) is 2.09. The Labute approximate surface area is 152 Å². The summed E-state index contributed by atoms with van der Waals surface area (Å²) < 4.78 is 130. The predicted octanol–water partition coefficient (Wildman–Crippen LogP) is 2.02. The second-order valence-electron chi connectivity index (χ2n) is 5.22. The number of esters is 1. The first-order valence-electron chi connectivity index (χ1n) is 6.77. The van der Waals surface area contributed by atoms with Crippen molar-refractivity contribution in [3.05, 3.63) is 12.2 Å². The molecular weight excluding hydrogens is 437 g/mol. The summed E-state index contributed by atoms with van der Waals surface area (Å²) >= 11 is 0. The van der Waals surface area contributed by atoms with Gasteiger partial charge in [0.2, 0.25) is 0 Å². The van der Waals surface area contributed by atoms with Gasteiger partial charge >= 0.3 is 35.1 Å². The van der Waals surface area contributed by atoms with Gasteiger partial charge < -0.3 is 19.1 Å². The van der Waals surface area contributed by atoms with Crippen LogP contribution in [0, 0.1) is 0 Å². The van der Waals surface area contributed by atoms with E-state index in [1.165, 1.54) is 0 Å². The smallest absolute Gasteiger partial charge is 0.468 e. The van der Waals surface area contributed by atoms with Gasteiger partial charge in [-0.1, -0.05) is 6.58 Å². The zero-order chi connectivity index (χ0) is 22.8. The lowest BCUT2D eigenvalue weighted by atomic mass is 10.2. The van der Waals surface area contributed by atoms with Crippen molar-refractivity contribution in [2.75, 3.05) is 6.61 Å². The molecule has 0 amide bonds. The molecule has 0 fully saturated rings. The van der Waals surface area contributed by atoms with E-state index in [1.807, 2.05) is 0 Å². The zero-order valence-electron chi connectivity index (χ0n) is 13.7. The van der Waals surface area contributed by atoms with Crippen LogP contribution in [-0.4, -0.2) is 59.8 Å². The molecule has 0 spiro atoms. The fourth-order valence-electron chi connectivity index (χ4n) is 1.45. The summed E-state index contributed by atoms with van der Waals surface area (Å²) in [6, 6.07) is 0. The molecule has 0 rings (SSSR count). The molecule has 0 aromatic heterocycles. The molecule has 0 aromatic carbocycles. The van der Waals surface area contributed by atoms with Crippen LogP contribution < -0.4 is 0 Å². The number of carbonyl (C=O) groups excluding carboxylic acids is 1. The molecule has 8 nitrogen and oxygen atoms in total. The minimum absolute atomic E-state index is 0.690. The maximum absolute atomic E-state index is 13.2. The standard InChI is InChI=1S/C12H13F7O8S/c1-6(2)7(20)27-10(8(21)22,11(15,16)17)26-5-3-4-9(13,14)12(18,19)28(23,24)25/h1,3-5H2,2H3,(H,21,22)(H,23,24,25)/p-1. The quantitative estimate of drug-likeness (QED) is 0.134. The van der Waals surface area contributed by atoms with Crippen molar-refractivity contribution in [2.24, 2.45) is 0 Å². The number of carboxylic acids is 1. The van der Waals surface area contributed by atoms with Crippen LogP contribution in [0.1, 0.15) is 19.8 Å². The van der Waals surface area contributed by atoms with Gasteiger partial charge in [0.05, 0.1) is 6.61 Å². The number of rotatable bonds is 10. The number of hydrogen-bond acceptors (Lipinski definition) is 7. The number of carboxylic acid groups (broad SMARTS) is 1. The average Bonchev–Trinajstić information content (AvgIpc) is 2.46. The molecule has 1 N–H and O–H groups in total. The number of alkyl halides is 7. The van der Waals surface area contributed by atoms with Gasteiger partial charge in [-0.15, -0.1) is 0 Å². The molecule has 0 bridgehead atoms. The van der Waals surface area contributed by atoms with Gasteiger partial charge in [0.1, 0.15) is 0 Å². The van der Waals surface area contributed by atoms with Gasteiger partial charge in [0.15, 0.2) is 10.1 Å². The van der Waals surface area contributed by atoms with Crippen LogP contribution in [0.3, 0.4) is 0 Å². The highest BCUT2D eigenvalue weighted by Crippen LogP contribution is 2.42. The van der Waals surface area contributed by atoms with Crippen molar-refractivity contribution in [2.45, 2.75) is 42.9 Å². The molecule has 28 heavy (non-hydrogen) atoms. The molecule has 16 heteroatoms. The fourth-order valence-corrected chi connectivity index (χ4v) is 1.92. The van der Waals surface area contributed by atoms with Gasteiger partial charge in [-0.2, -0.15) is 30.7 Å². The Balaban J connectivity index is 5.45. The SMILES string of the molecule is C=C(C)C(=O)OC(OCCCC(F)(F)C(F)(F)S(=O)(=O)[O-])(C(=O)O)C(F)(F)F. The third kappa shape index (κ3) is 5.32. The van der Waals surface area contributed by atoms with Crippen LogP contribution >= 0.6 is 0 Å². The lowest BCUT2D eigenvalue weighted by molar-refractivity contribution is -0.353. The average molecular weight is 449 g/mol. The lowest BCUT2D eigenvalue weighted by Gasteiger charge is -2.31. The molecule has 1 atom stereocenters. The summed E-state index contributed by atoms with van der Waals surface area (Å²) in [4.78, 5) is 22.2. The van der Waals surface area contributed by atoms with Gasteiger partial charge in [-0.25, -0.2) is 18.0 Å². The maximum atomic E-state index is 13.2. The van der Waals surface area contributed by atoms with E-state index in [2.05, 4.69) is 16.1 Å². The summed E-state index contributed by atoms with van der Waals surface area (Å²) in [7, 11) is -6.82. The fraction of sp³-hybridized carbons (Fsp3) is 0.667. The van der Waals surface area contributed by atoms with Crippen molar-refractivity contribution in [1.29, 1.82) is 0 Å². The van der Waals surface area contributed by atoms with Gasteiger partial charge in [0, 0.05) is 12.0 Å². The van der Waals surface area contributed by atoms with Crippen LogP contribution in [0.15, 0.2) is 12.2 Å².